The standard InChI is InChI=1S/C16H27Cl2N5O.HI/c1-6-19-15(21-8-7-20-14(24)16(2,3)4)22-10-11-9-12(17)13(18)23(11)5;/h9H,6-8,10H2,1-5H3,(H,20,24)(H2,19,21,22);1H. The molecule has 0 bridgehead atoms. The Labute approximate surface area is 177 Å². The Morgan fingerprint density at radius 2 is 1.80 bits per heavy atom. The smallest absolute Gasteiger partial charge is 0.225 e. The molecular formula is C16H28Cl2IN5O. The molecular weight excluding hydrogens is 476 g/mol. The molecule has 0 saturated heterocycles. The average molecular weight is 504 g/mol. The predicted molar refractivity (Wildman–Crippen MR) is 116 cm³/mol. The van der Waals surface area contributed by atoms with Crippen molar-refractivity contribution in [2.75, 3.05) is 19.6 Å². The molecule has 9 heteroatoms. The van der Waals surface area contributed by atoms with Crippen LogP contribution in [-0.2, 0) is 18.4 Å². The van der Waals surface area contributed by atoms with Crippen LogP contribution in [-0.4, -0.2) is 36.1 Å². The van der Waals surface area contributed by atoms with E-state index in [0.717, 1.165) is 12.2 Å². The maximum Gasteiger partial charge on any atom is 0.225 e. The molecule has 0 aliphatic carbocycles. The van der Waals surface area contributed by atoms with Gasteiger partial charge in [0, 0.05) is 37.8 Å². The normalized spacial score (nSPS) is 11.7. The minimum absolute atomic E-state index is 0. The number of carbonyl (C=O) groups excluding carboxylic acids is 1. The summed E-state index contributed by atoms with van der Waals surface area (Å²) >= 11 is 12.1. The molecule has 1 aromatic heterocycles. The molecule has 6 nitrogen and oxygen atoms in total. The minimum Gasteiger partial charge on any atom is -0.357 e. The molecule has 0 unspecified atom stereocenters. The lowest BCUT2D eigenvalue weighted by Crippen LogP contribution is -2.43. The van der Waals surface area contributed by atoms with Crippen LogP contribution in [0.15, 0.2) is 11.1 Å². The van der Waals surface area contributed by atoms with Crippen molar-refractivity contribution in [3.8, 4) is 0 Å². The third-order valence-corrected chi connectivity index (χ3v) is 4.19. The summed E-state index contributed by atoms with van der Waals surface area (Å²) in [5.74, 6) is 0.704. The summed E-state index contributed by atoms with van der Waals surface area (Å²) in [4.78, 5) is 16.3. The van der Waals surface area contributed by atoms with E-state index < -0.39 is 0 Å². The molecule has 1 heterocycles. The molecule has 0 atom stereocenters. The van der Waals surface area contributed by atoms with Crippen LogP contribution >= 0.6 is 47.2 Å². The van der Waals surface area contributed by atoms with Crippen LogP contribution in [0.5, 0.6) is 0 Å². The van der Waals surface area contributed by atoms with Gasteiger partial charge < -0.3 is 20.5 Å². The van der Waals surface area contributed by atoms with E-state index >= 15 is 0 Å². The van der Waals surface area contributed by atoms with E-state index in [1.165, 1.54) is 0 Å². The fourth-order valence-electron chi connectivity index (χ4n) is 1.86. The van der Waals surface area contributed by atoms with Crippen molar-refractivity contribution >= 4 is 59.0 Å². The monoisotopic (exact) mass is 503 g/mol. The highest BCUT2D eigenvalue weighted by Gasteiger charge is 2.20. The van der Waals surface area contributed by atoms with Crippen molar-refractivity contribution in [3.63, 3.8) is 0 Å². The van der Waals surface area contributed by atoms with E-state index in [2.05, 4.69) is 20.9 Å². The van der Waals surface area contributed by atoms with Gasteiger partial charge in [0.15, 0.2) is 5.96 Å². The summed E-state index contributed by atoms with van der Waals surface area (Å²) in [6.07, 6.45) is 0. The van der Waals surface area contributed by atoms with Gasteiger partial charge in [-0.15, -0.1) is 24.0 Å². The summed E-state index contributed by atoms with van der Waals surface area (Å²) in [6, 6.07) is 1.81. The van der Waals surface area contributed by atoms with E-state index in [1.807, 2.05) is 34.7 Å². The highest BCUT2D eigenvalue weighted by Crippen LogP contribution is 2.25. The number of halogens is 3. The molecule has 0 aliphatic rings. The fourth-order valence-corrected chi connectivity index (χ4v) is 2.28. The Balaban J connectivity index is 0.00000576. The van der Waals surface area contributed by atoms with Crippen molar-refractivity contribution < 1.29 is 4.79 Å². The Morgan fingerprint density at radius 1 is 1.20 bits per heavy atom. The largest absolute Gasteiger partial charge is 0.357 e. The molecule has 1 amide bonds. The van der Waals surface area contributed by atoms with E-state index in [4.69, 9.17) is 23.2 Å². The van der Waals surface area contributed by atoms with Gasteiger partial charge in [0.1, 0.15) is 5.15 Å². The van der Waals surface area contributed by atoms with Gasteiger partial charge in [-0.2, -0.15) is 0 Å². The van der Waals surface area contributed by atoms with Crippen molar-refractivity contribution in [1.82, 2.24) is 20.5 Å². The SMILES string of the molecule is CCNC(=NCc1cc(Cl)c(Cl)n1C)NCCNC(=O)C(C)(C)C.I. The van der Waals surface area contributed by atoms with Gasteiger partial charge in [-0.05, 0) is 13.0 Å². The number of rotatable bonds is 6. The highest BCUT2D eigenvalue weighted by atomic mass is 127. The van der Waals surface area contributed by atoms with Gasteiger partial charge in [0.05, 0.1) is 11.6 Å². The Hall–Kier alpha value is -0.670. The van der Waals surface area contributed by atoms with Gasteiger partial charge in [0.2, 0.25) is 5.91 Å². The first-order chi connectivity index (χ1) is 11.2. The number of carbonyl (C=O) groups is 1. The van der Waals surface area contributed by atoms with Crippen LogP contribution in [0.1, 0.15) is 33.4 Å². The number of aromatic nitrogens is 1. The van der Waals surface area contributed by atoms with Gasteiger partial charge in [-0.25, -0.2) is 4.99 Å². The molecule has 1 aromatic rings. The number of hydrogen-bond acceptors (Lipinski definition) is 2. The van der Waals surface area contributed by atoms with Crippen molar-refractivity contribution in [1.29, 1.82) is 0 Å². The summed E-state index contributed by atoms with van der Waals surface area (Å²) in [5.41, 5.74) is 0.534. The minimum atomic E-state index is -0.385. The molecule has 1 rings (SSSR count). The van der Waals surface area contributed by atoms with E-state index in [1.54, 1.807) is 10.6 Å². The summed E-state index contributed by atoms with van der Waals surface area (Å²) < 4.78 is 1.81. The van der Waals surface area contributed by atoms with Crippen LogP contribution < -0.4 is 16.0 Å². The second kappa shape index (κ2) is 11.1. The van der Waals surface area contributed by atoms with Crippen LogP contribution in [0.2, 0.25) is 10.2 Å². The van der Waals surface area contributed by atoms with Crippen LogP contribution in [0.4, 0.5) is 0 Å². The third kappa shape index (κ3) is 8.04. The molecule has 0 spiro atoms. The maximum absolute atomic E-state index is 11.8. The first-order valence-electron chi connectivity index (χ1n) is 7.97. The molecule has 25 heavy (non-hydrogen) atoms. The van der Waals surface area contributed by atoms with Crippen molar-refractivity contribution in [2.24, 2.45) is 17.5 Å². The molecule has 3 N–H and O–H groups in total. The Bertz CT molecular complexity index is 596. The zero-order valence-corrected chi connectivity index (χ0v) is 19.2. The average Bonchev–Trinajstić information content (AvgIpc) is 2.75. The highest BCUT2D eigenvalue weighted by molar-refractivity contribution is 14.0. The van der Waals surface area contributed by atoms with Gasteiger partial charge in [-0.3, -0.25) is 4.79 Å². The maximum atomic E-state index is 11.8. The quantitative estimate of drug-likeness (QED) is 0.242. The van der Waals surface area contributed by atoms with E-state index in [9.17, 15) is 4.79 Å². The second-order valence-corrected chi connectivity index (χ2v) is 7.23. The zero-order chi connectivity index (χ0) is 18.3. The van der Waals surface area contributed by atoms with E-state index in [-0.39, 0.29) is 35.3 Å². The Kier molecular flexibility index (Phi) is 10.8. The van der Waals surface area contributed by atoms with E-state index in [0.29, 0.717) is 35.8 Å². The summed E-state index contributed by atoms with van der Waals surface area (Å²) in [7, 11) is 1.85. The van der Waals surface area contributed by atoms with Crippen molar-refractivity contribution in [3.05, 3.63) is 21.9 Å². The molecule has 144 valence electrons. The third-order valence-electron chi connectivity index (χ3n) is 3.34. The second-order valence-electron chi connectivity index (χ2n) is 6.46. The van der Waals surface area contributed by atoms with Crippen LogP contribution in [0.25, 0.3) is 0 Å². The molecule has 0 aromatic carbocycles. The first kappa shape index (κ1) is 24.3. The lowest BCUT2D eigenvalue weighted by atomic mass is 9.96. The van der Waals surface area contributed by atoms with Gasteiger partial charge >= 0.3 is 0 Å². The Morgan fingerprint density at radius 3 is 2.28 bits per heavy atom. The predicted octanol–water partition coefficient (Wildman–Crippen LogP) is 3.17. The molecule has 0 radical (unpaired) electrons. The number of nitrogens with one attached hydrogen (secondary N) is 3. The summed E-state index contributed by atoms with van der Waals surface area (Å²) in [5, 5.41) is 10.3. The fraction of sp³-hybridized carbons (Fsp3) is 0.625. The number of aliphatic imine (C=N–C) groups is 1. The molecule has 0 saturated carbocycles. The lowest BCUT2D eigenvalue weighted by Gasteiger charge is -2.18. The topological polar surface area (TPSA) is 70.5 Å². The number of nitrogens with zero attached hydrogens (tertiary/aromatic N) is 2. The van der Waals surface area contributed by atoms with Crippen LogP contribution in [0, 0.1) is 5.41 Å². The number of hydrogen-bond donors (Lipinski definition) is 3. The number of guanidine groups is 1. The molecule has 0 aliphatic heterocycles. The lowest BCUT2D eigenvalue weighted by molar-refractivity contribution is -0.128. The van der Waals surface area contributed by atoms with Crippen molar-refractivity contribution in [2.45, 2.75) is 34.2 Å². The van der Waals surface area contributed by atoms with Crippen LogP contribution in [0.3, 0.4) is 0 Å². The summed E-state index contributed by atoms with van der Waals surface area (Å²) in [6.45, 7) is 9.97. The van der Waals surface area contributed by atoms with Gasteiger partial charge in [-0.1, -0.05) is 44.0 Å². The van der Waals surface area contributed by atoms with Gasteiger partial charge in [0.25, 0.3) is 0 Å². The number of amides is 1. The zero-order valence-electron chi connectivity index (χ0n) is 15.4. The first-order valence-corrected chi connectivity index (χ1v) is 8.72. The molecule has 0 fully saturated rings.